The molecule has 2 aliphatic rings. The Balaban J connectivity index is 1.33. The van der Waals surface area contributed by atoms with Crippen molar-refractivity contribution in [1.82, 2.24) is 5.32 Å². The molecule has 1 amide bonds. The van der Waals surface area contributed by atoms with E-state index in [0.717, 1.165) is 36.8 Å². The summed E-state index contributed by atoms with van der Waals surface area (Å²) in [5, 5.41) is 12.7. The molecule has 1 unspecified atom stereocenters. The van der Waals surface area contributed by atoms with Gasteiger partial charge in [-0.05, 0) is 72.6 Å². The fourth-order valence-electron chi connectivity index (χ4n) is 4.21. The van der Waals surface area contributed by atoms with Crippen LogP contribution in [0.4, 0.5) is 0 Å². The molecule has 2 aromatic rings. The Labute approximate surface area is 199 Å². The highest BCUT2D eigenvalue weighted by molar-refractivity contribution is 6.31. The number of amides is 1. The van der Waals surface area contributed by atoms with Crippen LogP contribution in [0, 0.1) is 11.8 Å². The van der Waals surface area contributed by atoms with Crippen LogP contribution in [0.25, 0.3) is 5.57 Å². The van der Waals surface area contributed by atoms with E-state index in [0.29, 0.717) is 34.8 Å². The summed E-state index contributed by atoms with van der Waals surface area (Å²) < 4.78 is 5.80. The van der Waals surface area contributed by atoms with Gasteiger partial charge in [0, 0.05) is 11.1 Å². The maximum Gasteiger partial charge on any atom is 0.335 e. The highest BCUT2D eigenvalue weighted by Crippen LogP contribution is 2.43. The van der Waals surface area contributed by atoms with E-state index in [1.807, 2.05) is 12.1 Å². The molecule has 2 N–H and O–H groups in total. The molecule has 2 aromatic carbocycles. The van der Waals surface area contributed by atoms with E-state index < -0.39 is 5.97 Å². The molecule has 0 saturated heterocycles. The van der Waals surface area contributed by atoms with Gasteiger partial charge in [0.15, 0.2) is 0 Å². The van der Waals surface area contributed by atoms with E-state index in [1.165, 1.54) is 0 Å². The van der Waals surface area contributed by atoms with Gasteiger partial charge in [-0.2, -0.15) is 0 Å². The summed E-state index contributed by atoms with van der Waals surface area (Å²) in [4.78, 5) is 24.0. The van der Waals surface area contributed by atoms with Gasteiger partial charge in [0.25, 0.3) is 5.91 Å². The summed E-state index contributed by atoms with van der Waals surface area (Å²) in [5.74, 6) is 0.277. The van der Waals surface area contributed by atoms with Crippen molar-refractivity contribution in [1.29, 1.82) is 0 Å². The molecule has 33 heavy (non-hydrogen) atoms. The quantitative estimate of drug-likeness (QED) is 0.445. The largest absolute Gasteiger partial charge is 0.493 e. The van der Waals surface area contributed by atoms with Crippen molar-refractivity contribution in [3.63, 3.8) is 0 Å². The molecular formula is C27H28ClNO4. The number of aromatic carboxylic acids is 1. The SMILES string of the molecule is CCCCOc1ccc(Cl)cc1C(=O)N[C@H]1C[C@@H]1C1C=CC(c2ccc(C(=O)O)cc2)=CC1. The molecule has 4 rings (SSSR count). The fraction of sp³-hybridized carbons (Fsp3) is 0.333. The lowest BCUT2D eigenvalue weighted by molar-refractivity contribution is 0.0696. The van der Waals surface area contributed by atoms with E-state index in [-0.39, 0.29) is 17.5 Å². The number of carboxylic acids is 1. The summed E-state index contributed by atoms with van der Waals surface area (Å²) in [6.07, 6.45) is 10.3. The first kappa shape index (κ1) is 23.1. The minimum atomic E-state index is -0.922. The predicted octanol–water partition coefficient (Wildman–Crippen LogP) is 6.00. The molecule has 0 spiro atoms. The summed E-state index contributed by atoms with van der Waals surface area (Å²) in [6, 6.07) is 12.2. The Morgan fingerprint density at radius 2 is 1.97 bits per heavy atom. The van der Waals surface area contributed by atoms with Crippen molar-refractivity contribution in [3.05, 3.63) is 82.4 Å². The third-order valence-electron chi connectivity index (χ3n) is 6.25. The average molecular weight is 466 g/mol. The molecule has 2 aliphatic carbocycles. The number of carboxylic acid groups (broad SMARTS) is 1. The third-order valence-corrected chi connectivity index (χ3v) is 6.48. The van der Waals surface area contributed by atoms with Gasteiger partial charge >= 0.3 is 5.97 Å². The molecule has 5 nitrogen and oxygen atoms in total. The summed E-state index contributed by atoms with van der Waals surface area (Å²) in [6.45, 7) is 2.67. The second-order valence-electron chi connectivity index (χ2n) is 8.62. The van der Waals surface area contributed by atoms with Gasteiger partial charge in [-0.3, -0.25) is 4.79 Å². The normalized spacial score (nSPS) is 21.3. The Morgan fingerprint density at radius 1 is 1.18 bits per heavy atom. The number of carbonyl (C=O) groups is 2. The summed E-state index contributed by atoms with van der Waals surface area (Å²) in [5.41, 5.74) is 2.87. The van der Waals surface area contributed by atoms with Crippen molar-refractivity contribution in [2.75, 3.05) is 6.61 Å². The number of carbonyl (C=O) groups excluding carboxylic acids is 1. The first-order valence-corrected chi connectivity index (χ1v) is 11.8. The Morgan fingerprint density at radius 3 is 2.64 bits per heavy atom. The topological polar surface area (TPSA) is 75.6 Å². The number of unbranched alkanes of at least 4 members (excludes halogenated alkanes) is 1. The zero-order valence-corrected chi connectivity index (χ0v) is 19.3. The van der Waals surface area contributed by atoms with E-state index in [2.05, 4.69) is 30.5 Å². The summed E-state index contributed by atoms with van der Waals surface area (Å²) in [7, 11) is 0. The van der Waals surface area contributed by atoms with E-state index in [1.54, 1.807) is 30.3 Å². The Hall–Kier alpha value is -3.05. The van der Waals surface area contributed by atoms with Crippen LogP contribution >= 0.6 is 11.6 Å². The maximum absolute atomic E-state index is 12.9. The first-order chi connectivity index (χ1) is 16.0. The van der Waals surface area contributed by atoms with E-state index >= 15 is 0 Å². The molecule has 0 aromatic heterocycles. The van der Waals surface area contributed by atoms with Gasteiger partial charge in [-0.15, -0.1) is 0 Å². The van der Waals surface area contributed by atoms with Gasteiger partial charge in [-0.1, -0.05) is 55.3 Å². The monoisotopic (exact) mass is 465 g/mol. The molecule has 172 valence electrons. The third kappa shape index (κ3) is 5.66. The van der Waals surface area contributed by atoms with Crippen LogP contribution in [-0.4, -0.2) is 29.6 Å². The van der Waals surface area contributed by atoms with Crippen molar-refractivity contribution in [3.8, 4) is 5.75 Å². The minimum Gasteiger partial charge on any atom is -0.493 e. The average Bonchev–Trinajstić information content (AvgIpc) is 3.59. The lowest BCUT2D eigenvalue weighted by atomic mass is 9.89. The van der Waals surface area contributed by atoms with Crippen LogP contribution in [0.15, 0.2) is 60.7 Å². The summed E-state index contributed by atoms with van der Waals surface area (Å²) >= 11 is 6.13. The number of ether oxygens (including phenoxy) is 1. The molecule has 3 atom stereocenters. The molecule has 0 radical (unpaired) electrons. The molecule has 6 heteroatoms. The Bertz CT molecular complexity index is 1090. The van der Waals surface area contributed by atoms with Crippen molar-refractivity contribution < 1.29 is 19.4 Å². The van der Waals surface area contributed by atoms with Crippen LogP contribution in [0.3, 0.4) is 0 Å². The van der Waals surface area contributed by atoms with Crippen molar-refractivity contribution >= 4 is 29.1 Å². The number of nitrogens with one attached hydrogen (secondary N) is 1. The zero-order valence-electron chi connectivity index (χ0n) is 18.6. The first-order valence-electron chi connectivity index (χ1n) is 11.4. The smallest absolute Gasteiger partial charge is 0.335 e. The van der Waals surface area contributed by atoms with Gasteiger partial charge in [0.2, 0.25) is 0 Å². The van der Waals surface area contributed by atoms with E-state index in [4.69, 9.17) is 21.4 Å². The fourth-order valence-corrected chi connectivity index (χ4v) is 4.38. The van der Waals surface area contributed by atoms with Crippen LogP contribution in [0.2, 0.25) is 5.02 Å². The van der Waals surface area contributed by atoms with Crippen LogP contribution < -0.4 is 10.1 Å². The number of halogens is 1. The molecule has 0 bridgehead atoms. The van der Waals surface area contributed by atoms with Crippen LogP contribution in [0.1, 0.15) is 58.9 Å². The van der Waals surface area contributed by atoms with E-state index in [9.17, 15) is 9.59 Å². The molecule has 0 heterocycles. The predicted molar refractivity (Wildman–Crippen MR) is 130 cm³/mol. The standard InChI is InChI=1S/C27H28ClNO4/c1-2-3-14-33-25-13-12-21(28)15-23(25)26(30)29-24-16-22(24)19-8-4-17(5-9-19)18-6-10-20(11-7-18)27(31)32/h4-8,10-13,15,19,22,24H,2-3,9,14,16H2,1H3,(H,29,30)(H,31,32)/t19?,22-,24+/m1/s1. The lowest BCUT2D eigenvalue weighted by Gasteiger charge is -2.17. The molecular weight excluding hydrogens is 438 g/mol. The van der Waals surface area contributed by atoms with Crippen LogP contribution in [-0.2, 0) is 0 Å². The van der Waals surface area contributed by atoms with Crippen molar-refractivity contribution in [2.24, 2.45) is 11.8 Å². The minimum absolute atomic E-state index is 0.138. The highest BCUT2D eigenvalue weighted by Gasteiger charge is 2.43. The highest BCUT2D eigenvalue weighted by atomic mass is 35.5. The molecule has 1 saturated carbocycles. The number of rotatable bonds is 9. The Kier molecular flexibility index (Phi) is 7.19. The van der Waals surface area contributed by atoms with Gasteiger partial charge in [0.05, 0.1) is 17.7 Å². The number of benzene rings is 2. The maximum atomic E-state index is 12.9. The van der Waals surface area contributed by atoms with Gasteiger partial charge < -0.3 is 15.2 Å². The number of allylic oxidation sites excluding steroid dienone is 4. The number of hydrogen-bond donors (Lipinski definition) is 2. The van der Waals surface area contributed by atoms with Gasteiger partial charge in [0.1, 0.15) is 5.75 Å². The molecule has 0 aliphatic heterocycles. The van der Waals surface area contributed by atoms with Crippen LogP contribution in [0.5, 0.6) is 5.75 Å². The zero-order chi connectivity index (χ0) is 23.4. The molecule has 1 fully saturated rings. The van der Waals surface area contributed by atoms with Crippen molar-refractivity contribution in [2.45, 2.75) is 38.6 Å². The number of hydrogen-bond acceptors (Lipinski definition) is 3. The lowest BCUT2D eigenvalue weighted by Crippen LogP contribution is -2.28. The second kappa shape index (κ2) is 10.3. The second-order valence-corrected chi connectivity index (χ2v) is 9.06. The van der Waals surface area contributed by atoms with Gasteiger partial charge in [-0.25, -0.2) is 4.79 Å².